The predicted octanol–water partition coefficient (Wildman–Crippen LogP) is 4.87. The molecule has 1 N–H and O–H groups in total. The van der Waals surface area contributed by atoms with E-state index in [0.29, 0.717) is 48.2 Å². The van der Waals surface area contributed by atoms with Crippen molar-refractivity contribution >= 4 is 43.6 Å². The number of nitrogens with zero attached hydrogens (tertiary/aromatic N) is 4. The predicted molar refractivity (Wildman–Crippen MR) is 137 cm³/mol. The van der Waals surface area contributed by atoms with E-state index in [1.54, 1.807) is 0 Å². The first kappa shape index (κ1) is 23.1. The van der Waals surface area contributed by atoms with Gasteiger partial charge in [0.05, 0.1) is 15.4 Å². The lowest BCUT2D eigenvalue weighted by atomic mass is 9.95. The van der Waals surface area contributed by atoms with E-state index >= 15 is 4.39 Å². The average molecular weight is 562 g/mol. The van der Waals surface area contributed by atoms with E-state index in [4.69, 9.17) is 14.1 Å². The Balaban J connectivity index is 1.37. The summed E-state index contributed by atoms with van der Waals surface area (Å²) in [4.78, 5) is 14.0. The van der Waals surface area contributed by atoms with E-state index < -0.39 is 12.0 Å². The van der Waals surface area contributed by atoms with Crippen molar-refractivity contribution in [2.75, 3.05) is 37.7 Å². The minimum atomic E-state index is -0.840. The number of halogens is 3. The summed E-state index contributed by atoms with van der Waals surface area (Å²) in [5.41, 5.74) is 0.363. The Morgan fingerprint density at radius 2 is 2.17 bits per heavy atom. The molecule has 7 nitrogen and oxygen atoms in total. The summed E-state index contributed by atoms with van der Waals surface area (Å²) in [6.45, 7) is 5.18. The van der Waals surface area contributed by atoms with Crippen LogP contribution in [0.5, 0.6) is 6.01 Å². The van der Waals surface area contributed by atoms with Gasteiger partial charge in [-0.15, -0.1) is 0 Å². The number of piperazine rings is 1. The molecule has 10 heteroatoms. The number of anilines is 1. The van der Waals surface area contributed by atoms with Crippen LogP contribution >= 0.6 is 15.9 Å². The fourth-order valence-electron chi connectivity index (χ4n) is 7.00. The van der Waals surface area contributed by atoms with E-state index in [9.17, 15) is 4.39 Å². The molecule has 7 heterocycles. The van der Waals surface area contributed by atoms with Crippen LogP contribution in [0.1, 0.15) is 44.3 Å². The summed E-state index contributed by atoms with van der Waals surface area (Å²) >= 11 is 3.40. The number of fused-ring (bicyclic) bond motifs is 8. The molecule has 0 saturated carbocycles. The maximum absolute atomic E-state index is 15.8. The molecule has 0 amide bonds. The van der Waals surface area contributed by atoms with Crippen molar-refractivity contribution in [3.05, 3.63) is 22.1 Å². The number of ether oxygens (including phenoxy) is 1. The molecule has 2 aromatic heterocycles. The van der Waals surface area contributed by atoms with Gasteiger partial charge in [0.2, 0.25) is 0 Å². The number of rotatable bonds is 4. The lowest BCUT2D eigenvalue weighted by Gasteiger charge is -2.39. The fraction of sp³-hybridized carbons (Fsp3) is 0.615. The number of hydrogen-bond donors (Lipinski definition) is 1. The first-order valence-corrected chi connectivity index (χ1v) is 13.8. The zero-order valence-electron chi connectivity index (χ0n) is 20.3. The van der Waals surface area contributed by atoms with E-state index in [1.807, 2.05) is 13.0 Å². The number of aromatic nitrogens is 2. The molecule has 5 aliphatic rings. The van der Waals surface area contributed by atoms with Gasteiger partial charge >= 0.3 is 6.01 Å². The van der Waals surface area contributed by atoms with Crippen molar-refractivity contribution < 1.29 is 17.9 Å². The zero-order valence-corrected chi connectivity index (χ0v) is 21.9. The Morgan fingerprint density at radius 1 is 1.28 bits per heavy atom. The summed E-state index contributed by atoms with van der Waals surface area (Å²) in [5.74, 6) is 0.912. The molecule has 4 atom stereocenters. The summed E-state index contributed by atoms with van der Waals surface area (Å²) < 4.78 is 42.5. The van der Waals surface area contributed by atoms with E-state index in [1.165, 1.54) is 0 Å². The smallest absolute Gasteiger partial charge is 0.319 e. The van der Waals surface area contributed by atoms with E-state index in [0.717, 1.165) is 57.1 Å². The van der Waals surface area contributed by atoms with Crippen molar-refractivity contribution in [1.29, 1.82) is 0 Å². The van der Waals surface area contributed by atoms with Crippen molar-refractivity contribution in [2.45, 2.75) is 69.2 Å². The van der Waals surface area contributed by atoms with Crippen LogP contribution in [0.15, 0.2) is 15.0 Å². The highest BCUT2D eigenvalue weighted by molar-refractivity contribution is 9.10. The molecule has 5 saturated heterocycles. The van der Waals surface area contributed by atoms with Crippen LogP contribution < -0.4 is 15.0 Å². The first-order chi connectivity index (χ1) is 17.4. The standard InChI is InChI=1S/C26H30BrF2N5O2/c1-14-8-18-19-22(21(29)20(27)23(18)36-14)31-25(35-13-26-6-3-7-33(26)11-15(28)9-26)32-24(19)34-12-16-4-2-5-17(34)10-30-16/h8,15-17,30H,2-7,9-13H2,1H3/t15-,16?,17?,26+/m1/s1. The Labute approximate surface area is 216 Å². The van der Waals surface area contributed by atoms with Crippen molar-refractivity contribution in [2.24, 2.45) is 0 Å². The van der Waals surface area contributed by atoms with Crippen molar-refractivity contribution in [1.82, 2.24) is 20.2 Å². The Kier molecular flexibility index (Phi) is 5.45. The van der Waals surface area contributed by atoms with E-state index in [2.05, 4.69) is 36.0 Å². The van der Waals surface area contributed by atoms with Crippen molar-refractivity contribution in [3.63, 3.8) is 0 Å². The highest BCUT2D eigenvalue weighted by Gasteiger charge is 2.49. The number of furan rings is 1. The molecule has 192 valence electrons. The average Bonchev–Trinajstić information content (AvgIpc) is 3.40. The highest BCUT2D eigenvalue weighted by Crippen LogP contribution is 2.43. The van der Waals surface area contributed by atoms with Gasteiger partial charge in [0.1, 0.15) is 29.9 Å². The molecular weight excluding hydrogens is 532 g/mol. The third-order valence-electron chi connectivity index (χ3n) is 8.69. The molecule has 2 unspecified atom stereocenters. The molecule has 3 aromatic rings. The number of benzene rings is 1. The minimum absolute atomic E-state index is 0.152. The van der Waals surface area contributed by atoms with Gasteiger partial charge in [-0.1, -0.05) is 0 Å². The second-order valence-electron chi connectivity index (χ2n) is 11.0. The SMILES string of the molecule is Cc1cc2c(o1)c(Br)c(F)c1nc(OC[C@@]34CCCN3C[C@H](F)C4)nc(N3CC4CCCC3CN4)c12. The summed E-state index contributed by atoms with van der Waals surface area (Å²) in [6, 6.07) is 2.71. The monoisotopic (exact) mass is 561 g/mol. The number of hydrogen-bond acceptors (Lipinski definition) is 7. The van der Waals surface area contributed by atoms with Crippen LogP contribution in [0.4, 0.5) is 14.6 Å². The summed E-state index contributed by atoms with van der Waals surface area (Å²) in [6.07, 6.45) is 4.86. The molecule has 5 aliphatic heterocycles. The minimum Gasteiger partial charge on any atom is -0.461 e. The number of aryl methyl sites for hydroxylation is 1. The van der Waals surface area contributed by atoms with Crippen LogP contribution in [0, 0.1) is 12.7 Å². The Hall–Kier alpha value is -2.04. The van der Waals surface area contributed by atoms with Crippen LogP contribution in [-0.4, -0.2) is 71.4 Å². The lowest BCUT2D eigenvalue weighted by molar-refractivity contribution is 0.107. The van der Waals surface area contributed by atoms with Gasteiger partial charge in [-0.05, 0) is 67.6 Å². The van der Waals surface area contributed by atoms with Crippen LogP contribution in [0.2, 0.25) is 0 Å². The van der Waals surface area contributed by atoms with Gasteiger partial charge in [0.25, 0.3) is 0 Å². The first-order valence-electron chi connectivity index (χ1n) is 13.0. The van der Waals surface area contributed by atoms with Gasteiger partial charge in [0.15, 0.2) is 11.4 Å². The number of alkyl halides is 1. The molecule has 0 aliphatic carbocycles. The van der Waals surface area contributed by atoms with Gasteiger partial charge < -0.3 is 19.4 Å². The van der Waals surface area contributed by atoms with Crippen LogP contribution in [0.3, 0.4) is 0 Å². The number of nitrogens with one attached hydrogen (secondary N) is 1. The third-order valence-corrected chi connectivity index (χ3v) is 9.40. The van der Waals surface area contributed by atoms with Gasteiger partial charge in [0, 0.05) is 43.5 Å². The largest absolute Gasteiger partial charge is 0.461 e. The fourth-order valence-corrected chi connectivity index (χ4v) is 7.48. The Morgan fingerprint density at radius 3 is 3.06 bits per heavy atom. The quantitative estimate of drug-likeness (QED) is 0.487. The topological polar surface area (TPSA) is 66.7 Å². The molecule has 5 fully saturated rings. The third kappa shape index (κ3) is 3.55. The maximum atomic E-state index is 15.8. The second-order valence-corrected chi connectivity index (χ2v) is 11.8. The van der Waals surface area contributed by atoms with Gasteiger partial charge in [-0.2, -0.15) is 9.97 Å². The molecular formula is C26H30BrF2N5O2. The van der Waals surface area contributed by atoms with E-state index in [-0.39, 0.29) is 27.6 Å². The lowest BCUT2D eigenvalue weighted by Crippen LogP contribution is -2.54. The highest BCUT2D eigenvalue weighted by atomic mass is 79.9. The van der Waals surface area contributed by atoms with Crippen molar-refractivity contribution in [3.8, 4) is 6.01 Å². The summed E-state index contributed by atoms with van der Waals surface area (Å²) in [7, 11) is 0. The van der Waals surface area contributed by atoms with Gasteiger partial charge in [-0.25, -0.2) is 8.78 Å². The second kappa shape index (κ2) is 8.49. The molecule has 8 rings (SSSR count). The molecule has 0 spiro atoms. The zero-order chi connectivity index (χ0) is 24.6. The maximum Gasteiger partial charge on any atom is 0.319 e. The molecule has 2 bridgehead atoms. The summed E-state index contributed by atoms with van der Waals surface area (Å²) in [5, 5.41) is 5.09. The van der Waals surface area contributed by atoms with Crippen LogP contribution in [-0.2, 0) is 0 Å². The molecule has 36 heavy (non-hydrogen) atoms. The normalized spacial score (nSPS) is 30.4. The van der Waals surface area contributed by atoms with Crippen LogP contribution in [0.25, 0.3) is 21.9 Å². The molecule has 1 aromatic carbocycles. The Bertz CT molecular complexity index is 1350. The molecule has 0 radical (unpaired) electrons. The van der Waals surface area contributed by atoms with Gasteiger partial charge in [-0.3, -0.25) is 4.90 Å².